The predicted molar refractivity (Wildman–Crippen MR) is 84.0 cm³/mol. The molecule has 21 heavy (non-hydrogen) atoms. The molecule has 0 amide bonds. The Morgan fingerprint density at radius 1 is 1.29 bits per heavy atom. The molecular weight excluding hydrogens is 309 g/mol. The van der Waals surface area contributed by atoms with Crippen molar-refractivity contribution in [3.8, 4) is 6.07 Å². The van der Waals surface area contributed by atoms with E-state index >= 15 is 0 Å². The molecule has 0 aliphatic carbocycles. The molecule has 1 aliphatic rings. The van der Waals surface area contributed by atoms with Crippen LogP contribution in [0.1, 0.15) is 30.1 Å². The first-order valence-electron chi connectivity index (χ1n) is 6.59. The van der Waals surface area contributed by atoms with Crippen LogP contribution in [0.2, 0.25) is 5.02 Å². The second-order valence-electron chi connectivity index (χ2n) is 4.93. The summed E-state index contributed by atoms with van der Waals surface area (Å²) in [6.07, 6.45) is 2.11. The molecule has 1 aromatic heterocycles. The average Bonchev–Trinajstić information content (AvgIpc) is 2.96. The topological polar surface area (TPSA) is 68.6 Å². The molecule has 1 fully saturated rings. The maximum Gasteiger partial charge on any atom is 0.185 e. The van der Waals surface area contributed by atoms with Crippen molar-refractivity contribution in [1.29, 1.82) is 5.26 Å². The third-order valence-corrected chi connectivity index (χ3v) is 3.93. The third-order valence-electron chi connectivity index (χ3n) is 3.68. The minimum Gasteiger partial charge on any atom is -0.371 e. The summed E-state index contributed by atoms with van der Waals surface area (Å²) in [7, 11) is 0. The standard InChI is InChI=1S/C14H14ClN5.ClH/c15-11-3-5-12(6-4-11)20-7-1-2-10(9-20)14-13(8-16)17-19-18-14;/h3-6,10H,1-2,7,9H2,(H,17,18,19);1H. The molecule has 1 atom stereocenters. The summed E-state index contributed by atoms with van der Waals surface area (Å²) in [5.41, 5.74) is 2.35. The lowest BCUT2D eigenvalue weighted by Gasteiger charge is -2.33. The van der Waals surface area contributed by atoms with Crippen molar-refractivity contribution in [2.24, 2.45) is 0 Å². The number of rotatable bonds is 2. The monoisotopic (exact) mass is 323 g/mol. The molecule has 0 radical (unpaired) electrons. The zero-order valence-electron chi connectivity index (χ0n) is 11.3. The lowest BCUT2D eigenvalue weighted by Crippen LogP contribution is -2.34. The number of H-pyrrole nitrogens is 1. The van der Waals surface area contributed by atoms with Gasteiger partial charge in [0, 0.05) is 29.7 Å². The van der Waals surface area contributed by atoms with Crippen LogP contribution in [0.5, 0.6) is 0 Å². The van der Waals surface area contributed by atoms with Crippen LogP contribution in [0.25, 0.3) is 0 Å². The number of nitrogens with one attached hydrogen (secondary N) is 1. The van der Waals surface area contributed by atoms with Crippen LogP contribution in [-0.4, -0.2) is 28.5 Å². The third kappa shape index (κ3) is 3.29. The lowest BCUT2D eigenvalue weighted by atomic mass is 9.93. The van der Waals surface area contributed by atoms with Crippen molar-refractivity contribution in [1.82, 2.24) is 15.4 Å². The highest BCUT2D eigenvalue weighted by Gasteiger charge is 2.26. The van der Waals surface area contributed by atoms with Crippen molar-refractivity contribution in [2.45, 2.75) is 18.8 Å². The number of hydrogen-bond acceptors (Lipinski definition) is 4. The number of nitriles is 1. The number of anilines is 1. The Balaban J connectivity index is 0.00000161. The Morgan fingerprint density at radius 2 is 2.05 bits per heavy atom. The van der Waals surface area contributed by atoms with Gasteiger partial charge in [0.1, 0.15) is 11.8 Å². The zero-order chi connectivity index (χ0) is 13.9. The quantitative estimate of drug-likeness (QED) is 0.921. The molecule has 1 aliphatic heterocycles. The van der Waals surface area contributed by atoms with Crippen LogP contribution < -0.4 is 4.90 Å². The van der Waals surface area contributed by atoms with Crippen LogP contribution in [-0.2, 0) is 0 Å². The predicted octanol–water partition coefficient (Wildman–Crippen LogP) is 3.14. The summed E-state index contributed by atoms with van der Waals surface area (Å²) < 4.78 is 0. The Morgan fingerprint density at radius 3 is 2.76 bits per heavy atom. The first kappa shape index (κ1) is 15.6. The first-order valence-corrected chi connectivity index (χ1v) is 6.97. The van der Waals surface area contributed by atoms with Gasteiger partial charge < -0.3 is 4.90 Å². The molecule has 1 aromatic carbocycles. The molecule has 0 saturated carbocycles. The van der Waals surface area contributed by atoms with Gasteiger partial charge in [-0.2, -0.15) is 15.6 Å². The SMILES string of the molecule is Cl.N#Cc1n[nH]nc1C1CCCN(c2ccc(Cl)cc2)C1. The highest BCUT2D eigenvalue weighted by atomic mass is 35.5. The van der Waals surface area contributed by atoms with E-state index in [1.54, 1.807) is 0 Å². The average molecular weight is 324 g/mol. The second kappa shape index (κ2) is 6.79. The van der Waals surface area contributed by atoms with Gasteiger partial charge in [-0.1, -0.05) is 11.6 Å². The van der Waals surface area contributed by atoms with E-state index in [0.29, 0.717) is 5.69 Å². The van der Waals surface area contributed by atoms with Gasteiger partial charge in [-0.25, -0.2) is 0 Å². The molecule has 110 valence electrons. The normalized spacial score (nSPS) is 17.9. The van der Waals surface area contributed by atoms with Crippen LogP contribution in [0.15, 0.2) is 24.3 Å². The second-order valence-corrected chi connectivity index (χ2v) is 5.37. The van der Waals surface area contributed by atoms with E-state index in [9.17, 15) is 0 Å². The Bertz CT molecular complexity index is 632. The molecular formula is C14H15Cl2N5. The summed E-state index contributed by atoms with van der Waals surface area (Å²) in [6, 6.07) is 9.95. The Labute approximate surface area is 134 Å². The van der Waals surface area contributed by atoms with Gasteiger partial charge in [0.05, 0.1) is 0 Å². The van der Waals surface area contributed by atoms with E-state index in [-0.39, 0.29) is 18.3 Å². The fourth-order valence-electron chi connectivity index (χ4n) is 2.69. The van der Waals surface area contributed by atoms with E-state index in [2.05, 4.69) is 26.4 Å². The van der Waals surface area contributed by atoms with E-state index in [4.69, 9.17) is 16.9 Å². The summed E-state index contributed by atoms with van der Waals surface area (Å²) in [5.74, 6) is 0.243. The van der Waals surface area contributed by atoms with Gasteiger partial charge in [-0.15, -0.1) is 17.5 Å². The lowest BCUT2D eigenvalue weighted by molar-refractivity contribution is 0.500. The molecule has 1 unspecified atom stereocenters. The van der Waals surface area contributed by atoms with Crippen LogP contribution in [0.3, 0.4) is 0 Å². The molecule has 2 aromatic rings. The molecule has 2 heterocycles. The van der Waals surface area contributed by atoms with Crippen LogP contribution in [0.4, 0.5) is 5.69 Å². The number of aromatic nitrogens is 3. The summed E-state index contributed by atoms with van der Waals surface area (Å²) in [4.78, 5) is 2.31. The van der Waals surface area contributed by atoms with Crippen molar-refractivity contribution in [3.63, 3.8) is 0 Å². The zero-order valence-corrected chi connectivity index (χ0v) is 12.9. The smallest absolute Gasteiger partial charge is 0.185 e. The highest BCUT2D eigenvalue weighted by molar-refractivity contribution is 6.30. The molecule has 1 N–H and O–H groups in total. The van der Waals surface area contributed by atoms with Gasteiger partial charge >= 0.3 is 0 Å². The van der Waals surface area contributed by atoms with E-state index in [1.165, 1.54) is 0 Å². The molecule has 0 bridgehead atoms. The van der Waals surface area contributed by atoms with Gasteiger partial charge in [0.15, 0.2) is 5.69 Å². The van der Waals surface area contributed by atoms with Gasteiger partial charge in [-0.3, -0.25) is 0 Å². The highest BCUT2D eigenvalue weighted by Crippen LogP contribution is 2.30. The summed E-state index contributed by atoms with van der Waals surface area (Å²) in [6.45, 7) is 1.86. The van der Waals surface area contributed by atoms with E-state index in [1.807, 2.05) is 24.3 Å². The van der Waals surface area contributed by atoms with Gasteiger partial charge in [0.25, 0.3) is 0 Å². The number of nitrogens with zero attached hydrogens (tertiary/aromatic N) is 4. The van der Waals surface area contributed by atoms with Gasteiger partial charge in [0.2, 0.25) is 0 Å². The maximum atomic E-state index is 9.05. The number of benzene rings is 1. The van der Waals surface area contributed by atoms with Gasteiger partial charge in [-0.05, 0) is 37.1 Å². The Kier molecular flexibility index (Phi) is 5.05. The van der Waals surface area contributed by atoms with Crippen LogP contribution >= 0.6 is 24.0 Å². The van der Waals surface area contributed by atoms with E-state index in [0.717, 1.165) is 42.3 Å². The Hall–Kier alpha value is -1.77. The largest absolute Gasteiger partial charge is 0.371 e. The van der Waals surface area contributed by atoms with Crippen molar-refractivity contribution >= 4 is 29.7 Å². The maximum absolute atomic E-state index is 9.05. The number of halogens is 2. The van der Waals surface area contributed by atoms with Crippen molar-refractivity contribution in [3.05, 3.63) is 40.7 Å². The fourth-order valence-corrected chi connectivity index (χ4v) is 2.82. The minimum atomic E-state index is 0. The van der Waals surface area contributed by atoms with Crippen molar-refractivity contribution in [2.75, 3.05) is 18.0 Å². The fraction of sp³-hybridized carbons (Fsp3) is 0.357. The molecule has 3 rings (SSSR count). The summed E-state index contributed by atoms with van der Waals surface area (Å²) >= 11 is 5.92. The molecule has 5 nitrogen and oxygen atoms in total. The number of aromatic amines is 1. The summed E-state index contributed by atoms with van der Waals surface area (Å²) in [5, 5.41) is 20.4. The number of hydrogen-bond donors (Lipinski definition) is 1. The molecule has 0 spiro atoms. The van der Waals surface area contributed by atoms with Crippen LogP contribution in [0, 0.1) is 11.3 Å². The van der Waals surface area contributed by atoms with Crippen molar-refractivity contribution < 1.29 is 0 Å². The number of piperidine rings is 1. The molecule has 1 saturated heterocycles. The first-order chi connectivity index (χ1) is 9.78. The molecule has 7 heteroatoms. The van der Waals surface area contributed by atoms with E-state index < -0.39 is 0 Å². The minimum absolute atomic E-state index is 0.